The molecule has 2 aromatic heterocycles. The predicted octanol–water partition coefficient (Wildman–Crippen LogP) is 1.72. The van der Waals surface area contributed by atoms with Crippen LogP contribution in [-0.2, 0) is 6.54 Å². The number of nitrogens with one attached hydrogen (secondary N) is 3. The Morgan fingerprint density at radius 2 is 2.08 bits per heavy atom. The van der Waals surface area contributed by atoms with Gasteiger partial charge in [-0.25, -0.2) is 9.78 Å². The number of nitrogens with zero attached hydrogens (tertiary/aromatic N) is 3. The molecule has 0 aromatic carbocycles. The maximum atomic E-state index is 12.3. The van der Waals surface area contributed by atoms with Gasteiger partial charge in [0.2, 0.25) is 5.95 Å². The Morgan fingerprint density at radius 1 is 1.21 bits per heavy atom. The number of fused-ring (bicyclic) bond motifs is 1. The lowest BCUT2D eigenvalue weighted by molar-refractivity contribution is 0.319. The predicted molar refractivity (Wildman–Crippen MR) is 94.2 cm³/mol. The Bertz CT molecular complexity index is 739. The Balaban J connectivity index is 1.52. The molecule has 0 spiro atoms. The fourth-order valence-corrected chi connectivity index (χ4v) is 3.95. The van der Waals surface area contributed by atoms with E-state index < -0.39 is 0 Å². The molecule has 1 saturated carbocycles. The molecule has 0 unspecified atom stereocenters. The molecule has 130 valence electrons. The summed E-state index contributed by atoms with van der Waals surface area (Å²) in [6, 6.07) is 0. The SMILES string of the molecule is O=c1[nH]c2cnc(NC[C@@H]3CCNC3)nc2n1CC1CCCCC1. The van der Waals surface area contributed by atoms with Crippen LogP contribution in [0.4, 0.5) is 5.95 Å². The zero-order valence-electron chi connectivity index (χ0n) is 14.1. The van der Waals surface area contributed by atoms with Crippen molar-refractivity contribution >= 4 is 17.1 Å². The van der Waals surface area contributed by atoms with Gasteiger partial charge in [0.25, 0.3) is 0 Å². The first-order valence-corrected chi connectivity index (χ1v) is 9.20. The molecule has 24 heavy (non-hydrogen) atoms. The van der Waals surface area contributed by atoms with Gasteiger partial charge < -0.3 is 15.6 Å². The van der Waals surface area contributed by atoms with E-state index in [1.54, 1.807) is 10.8 Å². The molecule has 4 rings (SSSR count). The van der Waals surface area contributed by atoms with Crippen LogP contribution in [0.1, 0.15) is 38.5 Å². The molecular weight excluding hydrogens is 304 g/mol. The molecule has 1 aliphatic heterocycles. The second kappa shape index (κ2) is 6.93. The Morgan fingerprint density at radius 3 is 2.88 bits per heavy atom. The minimum atomic E-state index is -0.0676. The van der Waals surface area contributed by atoms with E-state index in [0.717, 1.165) is 37.3 Å². The van der Waals surface area contributed by atoms with Crippen molar-refractivity contribution in [1.29, 1.82) is 0 Å². The summed E-state index contributed by atoms with van der Waals surface area (Å²) in [6.45, 7) is 3.77. The van der Waals surface area contributed by atoms with Gasteiger partial charge in [-0.05, 0) is 44.2 Å². The van der Waals surface area contributed by atoms with Gasteiger partial charge >= 0.3 is 5.69 Å². The monoisotopic (exact) mass is 330 g/mol. The summed E-state index contributed by atoms with van der Waals surface area (Å²) in [6.07, 6.45) is 9.21. The van der Waals surface area contributed by atoms with Crippen molar-refractivity contribution < 1.29 is 0 Å². The van der Waals surface area contributed by atoms with Crippen molar-refractivity contribution in [3.05, 3.63) is 16.7 Å². The number of aromatic nitrogens is 4. The van der Waals surface area contributed by atoms with Crippen molar-refractivity contribution in [2.24, 2.45) is 11.8 Å². The molecule has 0 radical (unpaired) electrons. The van der Waals surface area contributed by atoms with Gasteiger partial charge in [0, 0.05) is 13.1 Å². The summed E-state index contributed by atoms with van der Waals surface area (Å²) in [5.41, 5.74) is 1.39. The minimum Gasteiger partial charge on any atom is -0.354 e. The third-order valence-corrected chi connectivity index (χ3v) is 5.39. The van der Waals surface area contributed by atoms with Gasteiger partial charge in [-0.15, -0.1) is 0 Å². The first-order valence-electron chi connectivity index (χ1n) is 9.20. The van der Waals surface area contributed by atoms with Crippen LogP contribution in [0.2, 0.25) is 0 Å². The van der Waals surface area contributed by atoms with E-state index in [0.29, 0.717) is 17.8 Å². The van der Waals surface area contributed by atoms with Gasteiger partial charge in [-0.3, -0.25) is 4.57 Å². The maximum absolute atomic E-state index is 12.3. The van der Waals surface area contributed by atoms with E-state index in [2.05, 4.69) is 25.6 Å². The molecule has 1 aliphatic carbocycles. The number of H-pyrrole nitrogens is 1. The van der Waals surface area contributed by atoms with E-state index in [9.17, 15) is 4.79 Å². The molecule has 3 heterocycles. The van der Waals surface area contributed by atoms with E-state index in [1.165, 1.54) is 38.5 Å². The molecule has 7 nitrogen and oxygen atoms in total. The van der Waals surface area contributed by atoms with Crippen LogP contribution in [0, 0.1) is 11.8 Å². The first kappa shape index (κ1) is 15.6. The standard InChI is InChI=1S/C17H26N6O/c24-17-21-14-10-20-16(19-9-13-6-7-18-8-13)22-15(14)23(17)11-12-4-2-1-3-5-12/h10,12-13,18H,1-9,11H2,(H,21,24)(H,19,20,22)/t13-/m1/s1. The molecule has 0 amide bonds. The smallest absolute Gasteiger partial charge is 0.327 e. The zero-order valence-corrected chi connectivity index (χ0v) is 14.1. The van der Waals surface area contributed by atoms with Crippen LogP contribution in [0.15, 0.2) is 11.0 Å². The molecule has 2 aromatic rings. The summed E-state index contributed by atoms with van der Waals surface area (Å²) in [7, 11) is 0. The van der Waals surface area contributed by atoms with E-state index >= 15 is 0 Å². The Kier molecular flexibility index (Phi) is 4.51. The highest BCUT2D eigenvalue weighted by Gasteiger charge is 2.18. The Hall–Kier alpha value is -1.89. The highest BCUT2D eigenvalue weighted by atomic mass is 16.1. The molecule has 1 atom stereocenters. The summed E-state index contributed by atoms with van der Waals surface area (Å²) in [5, 5.41) is 6.69. The number of aromatic amines is 1. The summed E-state index contributed by atoms with van der Waals surface area (Å²) in [4.78, 5) is 24.1. The van der Waals surface area contributed by atoms with Crippen LogP contribution in [0.3, 0.4) is 0 Å². The van der Waals surface area contributed by atoms with Crippen molar-refractivity contribution in [3.8, 4) is 0 Å². The van der Waals surface area contributed by atoms with Crippen molar-refractivity contribution in [3.63, 3.8) is 0 Å². The van der Waals surface area contributed by atoms with Crippen molar-refractivity contribution in [2.45, 2.75) is 45.1 Å². The van der Waals surface area contributed by atoms with E-state index in [1.807, 2.05) is 0 Å². The molecule has 2 fully saturated rings. The van der Waals surface area contributed by atoms with Crippen LogP contribution >= 0.6 is 0 Å². The molecule has 2 aliphatic rings. The zero-order chi connectivity index (χ0) is 16.4. The van der Waals surface area contributed by atoms with Crippen LogP contribution in [-0.4, -0.2) is 39.2 Å². The van der Waals surface area contributed by atoms with Gasteiger partial charge in [0.05, 0.1) is 6.20 Å². The molecule has 3 N–H and O–H groups in total. The van der Waals surface area contributed by atoms with Gasteiger partial charge in [-0.1, -0.05) is 19.3 Å². The number of imidazole rings is 1. The van der Waals surface area contributed by atoms with E-state index in [4.69, 9.17) is 0 Å². The summed E-state index contributed by atoms with van der Waals surface area (Å²) >= 11 is 0. The van der Waals surface area contributed by atoms with Gasteiger partial charge in [0.15, 0.2) is 5.65 Å². The van der Waals surface area contributed by atoms with Crippen LogP contribution < -0.4 is 16.3 Å². The number of hydrogen-bond acceptors (Lipinski definition) is 5. The second-order valence-electron chi connectivity index (χ2n) is 7.22. The molecule has 0 bridgehead atoms. The molecule has 7 heteroatoms. The number of rotatable bonds is 5. The maximum Gasteiger partial charge on any atom is 0.327 e. The van der Waals surface area contributed by atoms with Crippen molar-refractivity contribution in [2.75, 3.05) is 25.0 Å². The highest BCUT2D eigenvalue weighted by molar-refractivity contribution is 5.70. The van der Waals surface area contributed by atoms with Gasteiger partial charge in [-0.2, -0.15) is 4.98 Å². The normalized spacial score (nSPS) is 22.2. The first-order chi connectivity index (χ1) is 11.8. The Labute approximate surface area is 141 Å². The second-order valence-corrected chi connectivity index (χ2v) is 7.22. The molecular formula is C17H26N6O. The average Bonchev–Trinajstić information content (AvgIpc) is 3.23. The van der Waals surface area contributed by atoms with Crippen LogP contribution in [0.5, 0.6) is 0 Å². The van der Waals surface area contributed by atoms with E-state index in [-0.39, 0.29) is 5.69 Å². The highest BCUT2D eigenvalue weighted by Crippen LogP contribution is 2.25. The fraction of sp³-hybridized carbons (Fsp3) is 0.706. The van der Waals surface area contributed by atoms with Crippen molar-refractivity contribution in [1.82, 2.24) is 24.8 Å². The minimum absolute atomic E-state index is 0.0676. The molecule has 1 saturated heterocycles. The topological polar surface area (TPSA) is 87.6 Å². The summed E-state index contributed by atoms with van der Waals surface area (Å²) < 4.78 is 1.80. The lowest BCUT2D eigenvalue weighted by Gasteiger charge is -2.21. The fourth-order valence-electron chi connectivity index (χ4n) is 3.95. The quantitative estimate of drug-likeness (QED) is 0.777. The number of hydrogen-bond donors (Lipinski definition) is 3. The summed E-state index contributed by atoms with van der Waals surface area (Å²) in [5.74, 6) is 1.83. The average molecular weight is 330 g/mol. The van der Waals surface area contributed by atoms with Crippen LogP contribution in [0.25, 0.3) is 11.2 Å². The lowest BCUT2D eigenvalue weighted by atomic mass is 9.89. The lowest BCUT2D eigenvalue weighted by Crippen LogP contribution is -2.23. The third-order valence-electron chi connectivity index (χ3n) is 5.39. The number of anilines is 1. The van der Waals surface area contributed by atoms with Gasteiger partial charge in [0.1, 0.15) is 5.52 Å². The third kappa shape index (κ3) is 3.31. The largest absolute Gasteiger partial charge is 0.354 e.